The zero-order valence-electron chi connectivity index (χ0n) is 9.10. The van der Waals surface area contributed by atoms with Crippen LogP contribution in [-0.2, 0) is 0 Å². The maximum absolute atomic E-state index is 11.9. The van der Waals surface area contributed by atoms with Crippen LogP contribution in [-0.4, -0.2) is 16.6 Å². The molecule has 0 saturated carbocycles. The van der Waals surface area contributed by atoms with E-state index in [0.717, 1.165) is 11.1 Å². The summed E-state index contributed by atoms with van der Waals surface area (Å²) >= 11 is 0. The topological polar surface area (TPSA) is 35.0 Å². The molecule has 0 fully saturated rings. The Morgan fingerprint density at radius 3 is 2.12 bits per heavy atom. The Hall–Kier alpha value is -2.04. The van der Waals surface area contributed by atoms with Gasteiger partial charge in [0.1, 0.15) is 11.6 Å². The Balaban J connectivity index is 2.20. The third-order valence-electron chi connectivity index (χ3n) is 2.19. The lowest BCUT2D eigenvalue weighted by Gasteiger charge is -2.05. The van der Waals surface area contributed by atoms with Gasteiger partial charge in [-0.1, -0.05) is 12.1 Å². The lowest BCUT2D eigenvalue weighted by molar-refractivity contribution is -0.0498. The van der Waals surface area contributed by atoms with Gasteiger partial charge in [-0.2, -0.15) is 8.78 Å². The van der Waals surface area contributed by atoms with E-state index in [9.17, 15) is 8.78 Å². The highest BCUT2D eigenvalue weighted by molar-refractivity contribution is 5.62. The third kappa shape index (κ3) is 2.96. The van der Waals surface area contributed by atoms with Crippen LogP contribution in [0.1, 0.15) is 5.82 Å². The van der Waals surface area contributed by atoms with E-state index in [1.54, 1.807) is 31.5 Å². The molecule has 0 aliphatic rings. The molecule has 0 amide bonds. The van der Waals surface area contributed by atoms with Gasteiger partial charge in [0.2, 0.25) is 0 Å². The zero-order chi connectivity index (χ0) is 12.3. The summed E-state index contributed by atoms with van der Waals surface area (Å²) in [4.78, 5) is 8.13. The van der Waals surface area contributed by atoms with E-state index in [1.807, 2.05) is 0 Å². The monoisotopic (exact) mass is 236 g/mol. The van der Waals surface area contributed by atoms with Crippen LogP contribution < -0.4 is 4.74 Å². The smallest absolute Gasteiger partial charge is 0.387 e. The van der Waals surface area contributed by atoms with Crippen LogP contribution in [0.15, 0.2) is 36.7 Å². The number of hydrogen-bond acceptors (Lipinski definition) is 3. The maximum Gasteiger partial charge on any atom is 0.387 e. The molecule has 0 radical (unpaired) electrons. The number of nitrogens with zero attached hydrogens (tertiary/aromatic N) is 2. The molecule has 17 heavy (non-hydrogen) atoms. The van der Waals surface area contributed by atoms with E-state index in [-0.39, 0.29) is 5.75 Å². The Morgan fingerprint density at radius 1 is 1.00 bits per heavy atom. The van der Waals surface area contributed by atoms with Crippen molar-refractivity contribution in [1.82, 2.24) is 9.97 Å². The first-order valence-electron chi connectivity index (χ1n) is 4.99. The van der Waals surface area contributed by atoms with Gasteiger partial charge in [-0.15, -0.1) is 0 Å². The molecule has 1 heterocycles. The van der Waals surface area contributed by atoms with Crippen molar-refractivity contribution < 1.29 is 13.5 Å². The number of ether oxygens (including phenoxy) is 1. The molecule has 0 aliphatic heterocycles. The molecule has 0 spiro atoms. The summed E-state index contributed by atoms with van der Waals surface area (Å²) in [6, 6.07) is 6.35. The molecule has 88 valence electrons. The second-order valence-corrected chi connectivity index (χ2v) is 3.42. The maximum atomic E-state index is 11.9. The average Bonchev–Trinajstić information content (AvgIpc) is 2.30. The van der Waals surface area contributed by atoms with E-state index >= 15 is 0 Å². The molecule has 2 rings (SSSR count). The fraction of sp³-hybridized carbons (Fsp3) is 0.167. The van der Waals surface area contributed by atoms with Gasteiger partial charge in [0.25, 0.3) is 0 Å². The highest BCUT2D eigenvalue weighted by atomic mass is 19.3. The Bertz CT molecular complexity index is 483. The minimum Gasteiger partial charge on any atom is -0.435 e. The van der Waals surface area contributed by atoms with Gasteiger partial charge < -0.3 is 4.74 Å². The van der Waals surface area contributed by atoms with Crippen LogP contribution >= 0.6 is 0 Å². The van der Waals surface area contributed by atoms with Crippen molar-refractivity contribution in [3.63, 3.8) is 0 Å². The molecule has 2 aromatic rings. The zero-order valence-corrected chi connectivity index (χ0v) is 9.10. The van der Waals surface area contributed by atoms with E-state index in [1.165, 1.54) is 12.1 Å². The van der Waals surface area contributed by atoms with E-state index in [2.05, 4.69) is 14.7 Å². The van der Waals surface area contributed by atoms with E-state index < -0.39 is 6.61 Å². The quantitative estimate of drug-likeness (QED) is 0.821. The number of halogens is 2. The summed E-state index contributed by atoms with van der Waals surface area (Å²) in [5.74, 6) is 0.822. The Morgan fingerprint density at radius 2 is 1.59 bits per heavy atom. The molecule has 0 saturated heterocycles. The molecule has 0 bridgehead atoms. The summed E-state index contributed by atoms with van der Waals surface area (Å²) < 4.78 is 28.2. The summed E-state index contributed by atoms with van der Waals surface area (Å²) in [5.41, 5.74) is 1.69. The first-order chi connectivity index (χ1) is 8.15. The molecule has 0 atom stereocenters. The van der Waals surface area contributed by atoms with E-state index in [0.29, 0.717) is 5.82 Å². The molecular formula is C12H10F2N2O. The van der Waals surface area contributed by atoms with Crippen molar-refractivity contribution in [2.75, 3.05) is 0 Å². The molecule has 3 nitrogen and oxygen atoms in total. The average molecular weight is 236 g/mol. The molecular weight excluding hydrogens is 226 g/mol. The van der Waals surface area contributed by atoms with Crippen molar-refractivity contribution in [1.29, 1.82) is 0 Å². The lowest BCUT2D eigenvalue weighted by Crippen LogP contribution is -2.01. The third-order valence-corrected chi connectivity index (χ3v) is 2.19. The number of aryl methyl sites for hydroxylation is 1. The van der Waals surface area contributed by atoms with Gasteiger partial charge in [0.05, 0.1) is 0 Å². The number of rotatable bonds is 3. The molecule has 1 aromatic carbocycles. The van der Waals surface area contributed by atoms with Crippen LogP contribution in [0.3, 0.4) is 0 Å². The van der Waals surface area contributed by atoms with Gasteiger partial charge in [-0.25, -0.2) is 9.97 Å². The van der Waals surface area contributed by atoms with Gasteiger partial charge >= 0.3 is 6.61 Å². The van der Waals surface area contributed by atoms with Crippen molar-refractivity contribution in [2.24, 2.45) is 0 Å². The van der Waals surface area contributed by atoms with Crippen LogP contribution in [0.4, 0.5) is 8.78 Å². The SMILES string of the molecule is Cc1ncc(-c2ccc(OC(F)F)cc2)cn1. The first-order valence-corrected chi connectivity index (χ1v) is 4.99. The molecule has 1 aromatic heterocycles. The highest BCUT2D eigenvalue weighted by Gasteiger charge is 2.04. The largest absolute Gasteiger partial charge is 0.435 e. The normalized spacial score (nSPS) is 10.6. The van der Waals surface area contributed by atoms with Crippen LogP contribution in [0.5, 0.6) is 5.75 Å². The van der Waals surface area contributed by atoms with E-state index in [4.69, 9.17) is 0 Å². The fourth-order valence-electron chi connectivity index (χ4n) is 1.37. The minimum atomic E-state index is -2.80. The van der Waals surface area contributed by atoms with Crippen LogP contribution in [0, 0.1) is 6.92 Å². The lowest BCUT2D eigenvalue weighted by atomic mass is 10.1. The summed E-state index contributed by atoms with van der Waals surface area (Å²) in [7, 11) is 0. The standard InChI is InChI=1S/C12H10F2N2O/c1-8-15-6-10(7-16-8)9-2-4-11(5-3-9)17-12(13)14/h2-7,12H,1H3. The number of aromatic nitrogens is 2. The second kappa shape index (κ2) is 4.86. The fourth-order valence-corrected chi connectivity index (χ4v) is 1.37. The summed E-state index contributed by atoms with van der Waals surface area (Å²) in [6.45, 7) is -1.01. The van der Waals surface area contributed by atoms with Crippen molar-refractivity contribution in [3.05, 3.63) is 42.5 Å². The number of alkyl halides is 2. The number of hydrogen-bond donors (Lipinski definition) is 0. The predicted molar refractivity (Wildman–Crippen MR) is 58.8 cm³/mol. The van der Waals surface area contributed by atoms with Crippen LogP contribution in [0.25, 0.3) is 11.1 Å². The van der Waals surface area contributed by atoms with Crippen LogP contribution in [0.2, 0.25) is 0 Å². The van der Waals surface area contributed by atoms with Gasteiger partial charge in [-0.3, -0.25) is 0 Å². The molecule has 0 N–H and O–H groups in total. The Labute approximate surface area is 97.1 Å². The van der Waals surface area contributed by atoms with Crippen molar-refractivity contribution in [3.8, 4) is 16.9 Å². The first kappa shape index (κ1) is 11.4. The summed E-state index contributed by atoms with van der Waals surface area (Å²) in [6.07, 6.45) is 3.37. The minimum absolute atomic E-state index is 0.136. The molecule has 0 aliphatic carbocycles. The highest BCUT2D eigenvalue weighted by Crippen LogP contribution is 2.22. The molecule has 5 heteroatoms. The van der Waals surface area contributed by atoms with Gasteiger partial charge in [0, 0.05) is 18.0 Å². The van der Waals surface area contributed by atoms with Gasteiger partial charge in [0.15, 0.2) is 0 Å². The number of benzene rings is 1. The predicted octanol–water partition coefficient (Wildman–Crippen LogP) is 3.05. The second-order valence-electron chi connectivity index (χ2n) is 3.42. The summed E-state index contributed by atoms with van der Waals surface area (Å²) in [5, 5.41) is 0. The van der Waals surface area contributed by atoms with Gasteiger partial charge in [-0.05, 0) is 24.6 Å². The Kier molecular flexibility index (Phi) is 3.27. The molecule has 0 unspecified atom stereocenters. The van der Waals surface area contributed by atoms with Crippen molar-refractivity contribution in [2.45, 2.75) is 13.5 Å². The van der Waals surface area contributed by atoms with Crippen molar-refractivity contribution >= 4 is 0 Å².